The maximum Gasteiger partial charge on any atom is 0.435 e. The van der Waals surface area contributed by atoms with Crippen LogP contribution in [0.1, 0.15) is 47.4 Å². The lowest BCUT2D eigenvalue weighted by molar-refractivity contribution is -0.141. The zero-order valence-electron chi connectivity index (χ0n) is 17.0. The molecule has 0 atom stereocenters. The number of halogens is 7. The molecule has 1 aromatic carbocycles. The van der Waals surface area contributed by atoms with Gasteiger partial charge in [-0.3, -0.25) is 9.48 Å². The maximum atomic E-state index is 13.6. The van der Waals surface area contributed by atoms with Gasteiger partial charge in [0.05, 0.1) is 15.7 Å². The number of alkyl halides is 6. The van der Waals surface area contributed by atoms with Gasteiger partial charge in [0.1, 0.15) is 11.5 Å². The molecule has 1 aliphatic carbocycles. The highest BCUT2D eigenvalue weighted by Gasteiger charge is 2.38. The van der Waals surface area contributed by atoms with Crippen LogP contribution in [0.5, 0.6) is 0 Å². The van der Waals surface area contributed by atoms with Crippen molar-refractivity contribution in [1.82, 2.24) is 15.1 Å². The Morgan fingerprint density at radius 1 is 1.00 bits per heavy atom. The van der Waals surface area contributed by atoms with Crippen molar-refractivity contribution in [2.24, 2.45) is 7.05 Å². The molecule has 14 heteroatoms. The van der Waals surface area contributed by atoms with Crippen molar-refractivity contribution in [2.45, 2.75) is 54.2 Å². The molecule has 0 radical (unpaired) electrons. The number of nitrogens with one attached hydrogen (secondary N) is 1. The topological polar surface area (TPSA) is 81.1 Å². The Kier molecular flexibility index (Phi) is 6.52. The van der Waals surface area contributed by atoms with E-state index in [2.05, 4.69) is 10.4 Å². The van der Waals surface area contributed by atoms with Gasteiger partial charge in [0.2, 0.25) is 0 Å². The third-order valence-electron chi connectivity index (χ3n) is 5.38. The number of sulfone groups is 1. The lowest BCUT2D eigenvalue weighted by atomic mass is 9.95. The number of hydrogen-bond acceptors (Lipinski definition) is 4. The highest BCUT2D eigenvalue weighted by atomic mass is 32.2. The summed E-state index contributed by atoms with van der Waals surface area (Å²) in [7, 11) is -3.11. The van der Waals surface area contributed by atoms with Crippen molar-refractivity contribution >= 4 is 15.7 Å². The average Bonchev–Trinajstić information content (AvgIpc) is 3.09. The second-order valence-electron chi connectivity index (χ2n) is 7.70. The SMILES string of the molecule is Cn1nc(C(F)(F)F)cc1C(=O)N[C@H]1CC[C@H](S(=O)(=O)c2cc(F)cc(C(F)(F)F)c2)CC1. The maximum absolute atomic E-state index is 13.6. The predicted molar refractivity (Wildman–Crippen MR) is 100 cm³/mol. The zero-order valence-corrected chi connectivity index (χ0v) is 17.8. The van der Waals surface area contributed by atoms with Crippen LogP contribution in [0.4, 0.5) is 30.7 Å². The van der Waals surface area contributed by atoms with Gasteiger partial charge in [-0.2, -0.15) is 31.4 Å². The van der Waals surface area contributed by atoms with Gasteiger partial charge in [0.25, 0.3) is 5.91 Å². The summed E-state index contributed by atoms with van der Waals surface area (Å²) in [6.07, 6.45) is -9.51. The predicted octanol–water partition coefficient (Wildman–Crippen LogP) is 4.11. The van der Waals surface area contributed by atoms with Gasteiger partial charge < -0.3 is 5.32 Å². The van der Waals surface area contributed by atoms with Crippen molar-refractivity contribution in [2.75, 3.05) is 0 Å². The van der Waals surface area contributed by atoms with E-state index in [1.807, 2.05) is 0 Å². The number of aryl methyl sites for hydroxylation is 1. The number of carbonyl (C=O) groups is 1. The number of aromatic nitrogens is 2. The Morgan fingerprint density at radius 2 is 1.61 bits per heavy atom. The molecule has 1 heterocycles. The van der Waals surface area contributed by atoms with Crippen LogP contribution in [-0.4, -0.2) is 35.4 Å². The smallest absolute Gasteiger partial charge is 0.348 e. The Balaban J connectivity index is 1.68. The van der Waals surface area contributed by atoms with Crippen molar-refractivity contribution in [3.8, 4) is 0 Å². The fourth-order valence-electron chi connectivity index (χ4n) is 3.68. The first-order chi connectivity index (χ1) is 15.1. The molecule has 1 aliphatic rings. The monoisotopic (exact) mass is 501 g/mol. The molecule has 0 spiro atoms. The third-order valence-corrected chi connectivity index (χ3v) is 7.62. The first-order valence-electron chi connectivity index (χ1n) is 9.63. The molecule has 3 rings (SSSR count). The number of hydrogen-bond donors (Lipinski definition) is 1. The van der Waals surface area contributed by atoms with Crippen molar-refractivity contribution in [3.05, 3.63) is 47.0 Å². The van der Waals surface area contributed by atoms with E-state index >= 15 is 0 Å². The summed E-state index contributed by atoms with van der Waals surface area (Å²) in [5.74, 6) is -2.16. The van der Waals surface area contributed by atoms with Crippen LogP contribution in [0.25, 0.3) is 0 Å². The minimum Gasteiger partial charge on any atom is -0.348 e. The van der Waals surface area contributed by atoms with Crippen molar-refractivity contribution in [3.63, 3.8) is 0 Å². The molecule has 1 amide bonds. The summed E-state index contributed by atoms with van der Waals surface area (Å²) < 4.78 is 117. The minimum absolute atomic E-state index is 0.0374. The summed E-state index contributed by atoms with van der Waals surface area (Å²) in [6, 6.07) is 1.14. The van der Waals surface area contributed by atoms with E-state index < -0.39 is 61.4 Å². The van der Waals surface area contributed by atoms with E-state index in [4.69, 9.17) is 0 Å². The highest BCUT2D eigenvalue weighted by molar-refractivity contribution is 7.92. The molecule has 2 aromatic rings. The van der Waals surface area contributed by atoms with Crippen LogP contribution < -0.4 is 5.32 Å². The Morgan fingerprint density at radius 3 is 2.12 bits per heavy atom. The van der Waals surface area contributed by atoms with Crippen LogP contribution in [0.2, 0.25) is 0 Å². The van der Waals surface area contributed by atoms with E-state index in [9.17, 15) is 43.9 Å². The second kappa shape index (κ2) is 8.61. The molecule has 0 unspecified atom stereocenters. The molecule has 1 saturated carbocycles. The summed E-state index contributed by atoms with van der Waals surface area (Å²) in [6.45, 7) is 0. The Hall–Kier alpha value is -2.64. The molecule has 0 bridgehead atoms. The Bertz CT molecular complexity index is 1150. The molecule has 1 aromatic heterocycles. The molecule has 0 aliphatic heterocycles. The quantitative estimate of drug-likeness (QED) is 0.640. The van der Waals surface area contributed by atoms with Gasteiger partial charge in [-0.15, -0.1) is 0 Å². The molecule has 1 fully saturated rings. The summed E-state index contributed by atoms with van der Waals surface area (Å²) in [5.41, 5.74) is -2.99. The Labute approximate surface area is 183 Å². The summed E-state index contributed by atoms with van der Waals surface area (Å²) in [5, 5.41) is 4.67. The molecule has 6 nitrogen and oxygen atoms in total. The summed E-state index contributed by atoms with van der Waals surface area (Å²) in [4.78, 5) is 11.6. The first kappa shape index (κ1) is 25.0. The molecule has 1 N–H and O–H groups in total. The number of benzene rings is 1. The average molecular weight is 501 g/mol. The number of nitrogens with zero attached hydrogens (tertiary/aromatic N) is 2. The first-order valence-corrected chi connectivity index (χ1v) is 11.2. The lowest BCUT2D eigenvalue weighted by Gasteiger charge is -2.29. The second-order valence-corrected chi connectivity index (χ2v) is 9.93. The number of amides is 1. The lowest BCUT2D eigenvalue weighted by Crippen LogP contribution is -2.40. The van der Waals surface area contributed by atoms with Gasteiger partial charge in [-0.1, -0.05) is 0 Å². The molecular formula is C19H18F7N3O3S. The highest BCUT2D eigenvalue weighted by Crippen LogP contribution is 2.35. The van der Waals surface area contributed by atoms with Gasteiger partial charge >= 0.3 is 12.4 Å². The van der Waals surface area contributed by atoms with Crippen molar-refractivity contribution < 1.29 is 43.9 Å². The van der Waals surface area contributed by atoms with E-state index in [1.165, 1.54) is 7.05 Å². The number of rotatable bonds is 4. The fourth-order valence-corrected chi connectivity index (χ4v) is 5.52. The van der Waals surface area contributed by atoms with Gasteiger partial charge in [0, 0.05) is 19.2 Å². The largest absolute Gasteiger partial charge is 0.435 e. The van der Waals surface area contributed by atoms with Crippen molar-refractivity contribution in [1.29, 1.82) is 0 Å². The standard InChI is InChI=1S/C19H18F7N3O3S/c1-29-15(9-16(28-29)19(24,25)26)17(30)27-12-2-4-13(5-3-12)33(31,32)14-7-10(18(21,22)23)6-11(20)8-14/h6-9,12-13H,2-5H2,1H3,(H,27,30)/t12-,13-. The van der Waals surface area contributed by atoms with Crippen LogP contribution in [0.15, 0.2) is 29.2 Å². The van der Waals surface area contributed by atoms with E-state index in [0.29, 0.717) is 18.2 Å². The van der Waals surface area contributed by atoms with Crippen LogP contribution in [0, 0.1) is 5.82 Å². The van der Waals surface area contributed by atoms with Crippen LogP contribution in [0.3, 0.4) is 0 Å². The van der Waals surface area contributed by atoms with E-state index in [0.717, 1.165) is 4.68 Å². The van der Waals surface area contributed by atoms with Crippen LogP contribution >= 0.6 is 0 Å². The van der Waals surface area contributed by atoms with Crippen LogP contribution in [-0.2, 0) is 29.2 Å². The van der Waals surface area contributed by atoms with Gasteiger partial charge in [0.15, 0.2) is 15.5 Å². The van der Waals surface area contributed by atoms with E-state index in [1.54, 1.807) is 0 Å². The van der Waals surface area contributed by atoms with E-state index in [-0.39, 0.29) is 37.4 Å². The summed E-state index contributed by atoms with van der Waals surface area (Å²) >= 11 is 0. The normalized spacial score (nSPS) is 20.0. The minimum atomic E-state index is -4.92. The third kappa shape index (κ3) is 5.47. The molecular weight excluding hydrogens is 483 g/mol. The zero-order chi connectivity index (χ0) is 24.8. The molecule has 0 saturated heterocycles. The fraction of sp³-hybridized carbons (Fsp3) is 0.474. The molecule has 33 heavy (non-hydrogen) atoms. The number of carbonyl (C=O) groups excluding carboxylic acids is 1. The van der Waals surface area contributed by atoms with Gasteiger partial charge in [-0.05, 0) is 43.9 Å². The molecule has 182 valence electrons. The van der Waals surface area contributed by atoms with Gasteiger partial charge in [-0.25, -0.2) is 12.8 Å².